The molecule has 0 amide bonds. The Balaban J connectivity index is 3.86. The Labute approximate surface area is 64.5 Å². The molecule has 0 spiro atoms. The first-order valence-electron chi connectivity index (χ1n) is 2.97. The van der Waals surface area contributed by atoms with Crippen LogP contribution in [0.2, 0.25) is 0 Å². The maximum Gasteiger partial charge on any atom is 0.384 e. The number of rotatable bonds is 1. The second-order valence-corrected chi connectivity index (χ2v) is 1.46. The summed E-state index contributed by atoms with van der Waals surface area (Å²) in [5.74, 6) is 2.40. The van der Waals surface area contributed by atoms with Crippen molar-refractivity contribution in [3.05, 3.63) is 0 Å². The fourth-order valence-electron chi connectivity index (χ4n) is 0.320. The molecule has 0 bridgehead atoms. The molecule has 0 fully saturated rings. The molecule has 0 heterocycles. The van der Waals surface area contributed by atoms with Crippen LogP contribution in [0.4, 0.5) is 0 Å². The quantitative estimate of drug-likeness (QED) is 0.298. The molecule has 60 valence electrons. The van der Waals surface area contributed by atoms with Crippen LogP contribution >= 0.6 is 0 Å². The number of ether oxygens (including phenoxy) is 2. The Bertz CT molecular complexity index is 208. The Hall–Kier alpha value is -1.50. The van der Waals surface area contributed by atoms with Crippen molar-refractivity contribution in [1.82, 2.24) is 0 Å². The second-order valence-electron chi connectivity index (χ2n) is 1.46. The molecule has 11 heavy (non-hydrogen) atoms. The van der Waals surface area contributed by atoms with Gasteiger partial charge in [-0.15, -0.1) is 0 Å². The predicted molar refractivity (Wildman–Crippen MR) is 36.4 cm³/mol. The Morgan fingerprint density at radius 3 is 2.27 bits per heavy atom. The Morgan fingerprint density at radius 2 is 1.82 bits per heavy atom. The van der Waals surface area contributed by atoms with Gasteiger partial charge in [0.15, 0.2) is 0 Å². The lowest BCUT2D eigenvalue weighted by Gasteiger charge is -1.90. The summed E-state index contributed by atoms with van der Waals surface area (Å²) < 4.78 is 8.57. The third-order valence-electron chi connectivity index (χ3n) is 0.727. The average molecular weight is 156 g/mol. The van der Waals surface area contributed by atoms with Crippen molar-refractivity contribution in [3.8, 4) is 11.8 Å². The smallest absolute Gasteiger partial charge is 0.384 e. The van der Waals surface area contributed by atoms with E-state index in [1.807, 2.05) is 11.8 Å². The number of carbonyl (C=O) groups excluding carboxylic acids is 2. The molecule has 0 aromatic carbocycles. The summed E-state index contributed by atoms with van der Waals surface area (Å²) in [4.78, 5) is 20.8. The summed E-state index contributed by atoms with van der Waals surface area (Å²) >= 11 is 0. The van der Waals surface area contributed by atoms with Crippen LogP contribution in [-0.2, 0) is 19.1 Å². The van der Waals surface area contributed by atoms with E-state index >= 15 is 0 Å². The van der Waals surface area contributed by atoms with Gasteiger partial charge < -0.3 is 9.47 Å². The molecule has 4 heteroatoms. The molecule has 0 atom stereocenters. The minimum atomic E-state index is -0.752. The first kappa shape index (κ1) is 9.50. The van der Waals surface area contributed by atoms with E-state index < -0.39 is 11.9 Å². The summed E-state index contributed by atoms with van der Waals surface area (Å²) in [6.45, 7) is 1.90. The molecule has 0 N–H and O–H groups in total. The zero-order valence-corrected chi connectivity index (χ0v) is 6.34. The average Bonchev–Trinajstić information content (AvgIpc) is 2.01. The van der Waals surface area contributed by atoms with E-state index in [1.54, 1.807) is 6.92 Å². The fourth-order valence-corrected chi connectivity index (χ4v) is 0.320. The maximum atomic E-state index is 10.5. The molecule has 0 unspecified atom stereocenters. The van der Waals surface area contributed by atoms with Crippen molar-refractivity contribution in [1.29, 1.82) is 0 Å². The van der Waals surface area contributed by atoms with Crippen molar-refractivity contribution >= 4 is 11.9 Å². The van der Waals surface area contributed by atoms with Crippen molar-refractivity contribution in [2.75, 3.05) is 13.7 Å². The Morgan fingerprint density at radius 1 is 1.27 bits per heavy atom. The predicted octanol–water partition coefficient (Wildman–Crippen LogP) is -0.274. The normalized spacial score (nSPS) is 7.45. The summed E-state index contributed by atoms with van der Waals surface area (Å²) in [6, 6.07) is 0. The SMILES string of the molecule is CCOC(=O)C#CC(=O)OC. The lowest BCUT2D eigenvalue weighted by molar-refractivity contribution is -0.137. The first-order chi connectivity index (χ1) is 5.20. The molecule has 0 aliphatic carbocycles. The minimum absolute atomic E-state index is 0.245. The van der Waals surface area contributed by atoms with Crippen LogP contribution in [0.5, 0.6) is 0 Å². The van der Waals surface area contributed by atoms with Crippen LogP contribution in [0.3, 0.4) is 0 Å². The molecular weight excluding hydrogens is 148 g/mol. The highest BCUT2D eigenvalue weighted by Crippen LogP contribution is 1.74. The number of carbonyl (C=O) groups is 2. The first-order valence-corrected chi connectivity index (χ1v) is 2.97. The zero-order chi connectivity index (χ0) is 8.69. The molecule has 0 aromatic rings. The molecule has 0 saturated heterocycles. The van der Waals surface area contributed by atoms with E-state index in [2.05, 4.69) is 9.47 Å². The minimum Gasteiger partial charge on any atom is -0.459 e. The van der Waals surface area contributed by atoms with Gasteiger partial charge in [0.1, 0.15) is 0 Å². The second kappa shape index (κ2) is 5.30. The van der Waals surface area contributed by atoms with E-state index in [4.69, 9.17) is 0 Å². The van der Waals surface area contributed by atoms with E-state index in [1.165, 1.54) is 7.11 Å². The van der Waals surface area contributed by atoms with E-state index in [0.29, 0.717) is 0 Å². The highest BCUT2D eigenvalue weighted by molar-refractivity contribution is 5.98. The van der Waals surface area contributed by atoms with Crippen LogP contribution in [0.15, 0.2) is 0 Å². The Kier molecular flexibility index (Phi) is 4.58. The van der Waals surface area contributed by atoms with Gasteiger partial charge in [-0.05, 0) is 6.92 Å². The van der Waals surface area contributed by atoms with Gasteiger partial charge in [-0.25, -0.2) is 9.59 Å². The van der Waals surface area contributed by atoms with Gasteiger partial charge in [-0.2, -0.15) is 0 Å². The van der Waals surface area contributed by atoms with Gasteiger partial charge in [-0.3, -0.25) is 0 Å². The molecule has 0 radical (unpaired) electrons. The van der Waals surface area contributed by atoms with Gasteiger partial charge in [0.05, 0.1) is 13.7 Å². The summed E-state index contributed by atoms with van der Waals surface area (Å²) in [5, 5.41) is 0. The van der Waals surface area contributed by atoms with Crippen molar-refractivity contribution in [2.45, 2.75) is 6.92 Å². The lowest BCUT2D eigenvalue weighted by Crippen LogP contribution is -2.02. The largest absolute Gasteiger partial charge is 0.459 e. The van der Waals surface area contributed by atoms with Gasteiger partial charge in [-0.1, -0.05) is 0 Å². The molecule has 0 aliphatic heterocycles. The highest BCUT2D eigenvalue weighted by Gasteiger charge is 1.95. The van der Waals surface area contributed by atoms with Crippen LogP contribution in [0, 0.1) is 11.8 Å². The molecule has 0 saturated carbocycles. The number of hydrogen-bond donors (Lipinski definition) is 0. The number of esters is 2. The molecular formula is C7H8O4. The number of hydrogen-bond acceptors (Lipinski definition) is 4. The van der Waals surface area contributed by atoms with Gasteiger partial charge >= 0.3 is 11.9 Å². The summed E-state index contributed by atoms with van der Waals surface area (Å²) in [6.07, 6.45) is 0. The van der Waals surface area contributed by atoms with Crippen LogP contribution in [0.1, 0.15) is 6.92 Å². The van der Waals surface area contributed by atoms with E-state index in [0.717, 1.165) is 0 Å². The third kappa shape index (κ3) is 4.97. The topological polar surface area (TPSA) is 52.6 Å². The van der Waals surface area contributed by atoms with Crippen LogP contribution < -0.4 is 0 Å². The third-order valence-corrected chi connectivity index (χ3v) is 0.727. The standard InChI is InChI=1S/C7H8O4/c1-3-11-7(9)5-4-6(8)10-2/h3H2,1-2H3. The van der Waals surface area contributed by atoms with Crippen molar-refractivity contribution < 1.29 is 19.1 Å². The molecule has 0 aliphatic rings. The highest BCUT2D eigenvalue weighted by atomic mass is 16.5. The number of methoxy groups -OCH3 is 1. The fraction of sp³-hybridized carbons (Fsp3) is 0.429. The van der Waals surface area contributed by atoms with Gasteiger partial charge in [0.2, 0.25) is 0 Å². The van der Waals surface area contributed by atoms with Crippen LogP contribution in [-0.4, -0.2) is 25.7 Å². The van der Waals surface area contributed by atoms with Crippen LogP contribution in [0.25, 0.3) is 0 Å². The molecule has 0 aromatic heterocycles. The monoisotopic (exact) mass is 156 g/mol. The molecule has 0 rings (SSSR count). The van der Waals surface area contributed by atoms with E-state index in [9.17, 15) is 9.59 Å². The summed E-state index contributed by atoms with van der Waals surface area (Å²) in [7, 11) is 1.18. The summed E-state index contributed by atoms with van der Waals surface area (Å²) in [5.41, 5.74) is 0. The van der Waals surface area contributed by atoms with Crippen molar-refractivity contribution in [3.63, 3.8) is 0 Å². The van der Waals surface area contributed by atoms with Gasteiger partial charge in [0.25, 0.3) is 0 Å². The zero-order valence-electron chi connectivity index (χ0n) is 6.34. The maximum absolute atomic E-state index is 10.5. The van der Waals surface area contributed by atoms with E-state index in [-0.39, 0.29) is 6.61 Å². The van der Waals surface area contributed by atoms with Crippen molar-refractivity contribution in [2.24, 2.45) is 0 Å². The van der Waals surface area contributed by atoms with Gasteiger partial charge in [0, 0.05) is 11.8 Å². The lowest BCUT2D eigenvalue weighted by atomic mass is 10.6. The molecule has 4 nitrogen and oxygen atoms in total.